The van der Waals surface area contributed by atoms with Crippen molar-refractivity contribution < 1.29 is 44.8 Å². The minimum absolute atomic E-state index is 0.0135. The zero-order chi connectivity index (χ0) is 31.3. The van der Waals surface area contributed by atoms with Crippen LogP contribution in [-0.2, 0) is 25.8 Å². The predicted molar refractivity (Wildman–Crippen MR) is 146 cm³/mol. The number of nitrogens with zero attached hydrogens (tertiary/aromatic N) is 3. The highest BCUT2D eigenvalue weighted by Crippen LogP contribution is 2.33. The smallest absolute Gasteiger partial charge is 0.416 e. The Morgan fingerprint density at radius 3 is 2.44 bits per heavy atom. The van der Waals surface area contributed by atoms with Crippen molar-refractivity contribution >= 4 is 44.5 Å². The number of rotatable bonds is 7. The molecule has 1 N–H and O–H groups in total. The van der Waals surface area contributed by atoms with Crippen molar-refractivity contribution in [2.24, 2.45) is 5.92 Å². The number of imide groups is 1. The Kier molecular flexibility index (Phi) is 7.98. The molecular weight excluding hydrogens is 596 g/mol. The fourth-order valence-electron chi connectivity index (χ4n) is 5.35. The molecule has 2 aromatic carbocycles. The van der Waals surface area contributed by atoms with Crippen LogP contribution in [0.5, 0.6) is 0 Å². The first-order valence-corrected chi connectivity index (χ1v) is 14.9. The highest BCUT2D eigenvalue weighted by molar-refractivity contribution is 7.89. The predicted octanol–water partition coefficient (Wildman–Crippen LogP) is 4.35. The number of urea groups is 1. The molecule has 43 heavy (non-hydrogen) atoms. The second-order valence-corrected chi connectivity index (χ2v) is 12.5. The summed E-state index contributed by atoms with van der Waals surface area (Å²) in [5.74, 6) is -2.88. The molecule has 5 rings (SSSR count). The number of carbonyl (C=O) groups excluding carboxylic acids is 3. The highest BCUT2D eigenvalue weighted by Gasteiger charge is 2.44. The zero-order valence-electron chi connectivity index (χ0n) is 23.1. The molecule has 1 aromatic heterocycles. The standard InChI is InChI=1S/C28H28F4N4O6S/c1-16(2)36-26(38)17(15-34(27(36)39)19-10-8-18(9-11-19)28(30,31)32)14-33-25(37)22-6-4-12-35(22)43(40,41)24-13-20-21(29)5-3-7-23(20)42-24/h3,5,7-11,13,16-17,22H,4,6,12,14-15H2,1-2H3,(H,33,37)/t17?,22-/m0/s1. The Balaban J connectivity index is 1.32. The number of hydrogen-bond acceptors (Lipinski definition) is 6. The van der Waals surface area contributed by atoms with Crippen LogP contribution >= 0.6 is 0 Å². The van der Waals surface area contributed by atoms with Gasteiger partial charge in [0, 0.05) is 37.4 Å². The Bertz CT molecular complexity index is 1670. The van der Waals surface area contributed by atoms with E-state index in [1.807, 2.05) is 0 Å². The number of hydrogen-bond donors (Lipinski definition) is 1. The topological polar surface area (TPSA) is 120 Å². The summed E-state index contributed by atoms with van der Waals surface area (Å²) < 4.78 is 86.4. The third-order valence-electron chi connectivity index (χ3n) is 7.53. The van der Waals surface area contributed by atoms with Crippen molar-refractivity contribution in [3.05, 3.63) is 59.9 Å². The molecule has 230 valence electrons. The lowest BCUT2D eigenvalue weighted by molar-refractivity contribution is -0.137. The van der Waals surface area contributed by atoms with Crippen LogP contribution in [0.2, 0.25) is 0 Å². The first-order chi connectivity index (χ1) is 20.2. The van der Waals surface area contributed by atoms with Crippen LogP contribution in [0.1, 0.15) is 32.3 Å². The van der Waals surface area contributed by atoms with E-state index in [4.69, 9.17) is 4.42 Å². The highest BCUT2D eigenvalue weighted by atomic mass is 32.2. The lowest BCUT2D eigenvalue weighted by atomic mass is 10.0. The lowest BCUT2D eigenvalue weighted by Crippen LogP contribution is -2.61. The summed E-state index contributed by atoms with van der Waals surface area (Å²) in [6, 6.07) is 6.55. The van der Waals surface area contributed by atoms with Gasteiger partial charge in [0.2, 0.25) is 16.9 Å². The lowest BCUT2D eigenvalue weighted by Gasteiger charge is -2.40. The van der Waals surface area contributed by atoms with E-state index in [0.717, 1.165) is 39.5 Å². The number of furan rings is 1. The molecule has 0 saturated carbocycles. The number of amides is 4. The maximum absolute atomic E-state index is 14.1. The van der Waals surface area contributed by atoms with E-state index in [1.54, 1.807) is 13.8 Å². The minimum atomic E-state index is -4.57. The van der Waals surface area contributed by atoms with Gasteiger partial charge in [-0.1, -0.05) is 6.07 Å². The molecule has 0 bridgehead atoms. The SMILES string of the molecule is CC(C)N1C(=O)C(CNC(=O)[C@@H]2CCCN2S(=O)(=O)c2cc3c(F)cccc3o2)CN(c2ccc(C(F)(F)F)cc2)C1=O. The van der Waals surface area contributed by atoms with E-state index in [-0.39, 0.29) is 42.7 Å². The quantitative estimate of drug-likeness (QED) is 0.391. The van der Waals surface area contributed by atoms with Crippen molar-refractivity contribution in [2.75, 3.05) is 24.5 Å². The molecular formula is C28H28F4N4O6S. The van der Waals surface area contributed by atoms with Crippen LogP contribution in [0.15, 0.2) is 58.0 Å². The van der Waals surface area contributed by atoms with E-state index in [2.05, 4.69) is 5.32 Å². The number of fused-ring (bicyclic) bond motifs is 1. The molecule has 4 amide bonds. The van der Waals surface area contributed by atoms with Gasteiger partial charge in [0.1, 0.15) is 17.4 Å². The first-order valence-electron chi connectivity index (χ1n) is 13.5. The fraction of sp³-hybridized carbons (Fsp3) is 0.393. The average molecular weight is 625 g/mol. The Hall–Kier alpha value is -3.98. The summed E-state index contributed by atoms with van der Waals surface area (Å²) >= 11 is 0. The first kappa shape index (κ1) is 30.5. The third kappa shape index (κ3) is 5.70. The van der Waals surface area contributed by atoms with Crippen LogP contribution in [0.25, 0.3) is 11.0 Å². The van der Waals surface area contributed by atoms with E-state index in [9.17, 15) is 40.4 Å². The molecule has 3 heterocycles. The Morgan fingerprint density at radius 2 is 1.81 bits per heavy atom. The van der Waals surface area contributed by atoms with Crippen molar-refractivity contribution in [1.29, 1.82) is 0 Å². The van der Waals surface area contributed by atoms with Gasteiger partial charge in [0.15, 0.2) is 0 Å². The summed E-state index contributed by atoms with van der Waals surface area (Å²) in [5, 5.41) is 2.10. The third-order valence-corrected chi connectivity index (χ3v) is 9.29. The van der Waals surface area contributed by atoms with E-state index >= 15 is 0 Å². The molecule has 2 aliphatic heterocycles. The zero-order valence-corrected chi connectivity index (χ0v) is 23.9. The number of benzene rings is 2. The number of anilines is 1. The van der Waals surface area contributed by atoms with Gasteiger partial charge in [0.25, 0.3) is 10.0 Å². The Labute approximate surface area is 244 Å². The molecule has 2 aliphatic rings. The number of halogens is 4. The summed E-state index contributed by atoms with van der Waals surface area (Å²) in [4.78, 5) is 41.8. The molecule has 10 nitrogen and oxygen atoms in total. The van der Waals surface area contributed by atoms with Gasteiger partial charge in [0.05, 0.1) is 16.9 Å². The van der Waals surface area contributed by atoms with Crippen LogP contribution in [0.4, 0.5) is 28.0 Å². The monoisotopic (exact) mass is 624 g/mol. The van der Waals surface area contributed by atoms with Gasteiger partial charge < -0.3 is 9.73 Å². The summed E-state index contributed by atoms with van der Waals surface area (Å²) in [6.45, 7) is 2.74. The average Bonchev–Trinajstić information content (AvgIpc) is 3.62. The van der Waals surface area contributed by atoms with Crippen LogP contribution in [0, 0.1) is 11.7 Å². The molecule has 3 aromatic rings. The number of sulfonamides is 1. The van der Waals surface area contributed by atoms with Crippen LogP contribution in [-0.4, -0.2) is 67.2 Å². The van der Waals surface area contributed by atoms with Crippen LogP contribution in [0.3, 0.4) is 0 Å². The summed E-state index contributed by atoms with van der Waals surface area (Å²) in [7, 11) is -4.32. The number of nitrogens with one attached hydrogen (secondary N) is 1. The van der Waals surface area contributed by atoms with Gasteiger partial charge in [-0.2, -0.15) is 17.5 Å². The van der Waals surface area contributed by atoms with Gasteiger partial charge in [-0.3, -0.25) is 19.4 Å². The van der Waals surface area contributed by atoms with Gasteiger partial charge in [-0.25, -0.2) is 17.6 Å². The molecule has 0 radical (unpaired) electrons. The fourth-order valence-corrected chi connectivity index (χ4v) is 6.95. The maximum Gasteiger partial charge on any atom is 0.416 e. The van der Waals surface area contributed by atoms with E-state index < -0.39 is 68.5 Å². The van der Waals surface area contributed by atoms with Crippen molar-refractivity contribution in [3.8, 4) is 0 Å². The van der Waals surface area contributed by atoms with Gasteiger partial charge in [-0.05, 0) is 63.1 Å². The number of alkyl halides is 3. The minimum Gasteiger partial charge on any atom is -0.443 e. The normalized spacial score (nSPS) is 20.4. The molecule has 15 heteroatoms. The summed E-state index contributed by atoms with van der Waals surface area (Å²) in [6.07, 6.45) is -4.02. The van der Waals surface area contributed by atoms with Crippen molar-refractivity contribution in [3.63, 3.8) is 0 Å². The van der Waals surface area contributed by atoms with Gasteiger partial charge >= 0.3 is 12.2 Å². The second kappa shape index (κ2) is 11.3. The van der Waals surface area contributed by atoms with Crippen LogP contribution < -0.4 is 10.2 Å². The van der Waals surface area contributed by atoms with E-state index in [0.29, 0.717) is 6.42 Å². The molecule has 1 unspecified atom stereocenters. The summed E-state index contributed by atoms with van der Waals surface area (Å²) in [5.41, 5.74) is -0.718. The van der Waals surface area contributed by atoms with Crippen molar-refractivity contribution in [1.82, 2.24) is 14.5 Å². The molecule has 2 fully saturated rings. The van der Waals surface area contributed by atoms with Crippen molar-refractivity contribution in [2.45, 2.75) is 50.0 Å². The molecule has 2 atom stereocenters. The molecule has 0 spiro atoms. The molecule has 0 aliphatic carbocycles. The number of carbonyl (C=O) groups is 3. The molecule has 2 saturated heterocycles. The maximum atomic E-state index is 14.1. The largest absolute Gasteiger partial charge is 0.443 e. The Morgan fingerprint density at radius 1 is 1.12 bits per heavy atom. The second-order valence-electron chi connectivity index (χ2n) is 10.7. The van der Waals surface area contributed by atoms with E-state index in [1.165, 1.54) is 23.1 Å². The van der Waals surface area contributed by atoms with Gasteiger partial charge in [-0.15, -0.1) is 0 Å².